The van der Waals surface area contributed by atoms with Gasteiger partial charge in [-0.25, -0.2) is 4.79 Å². The van der Waals surface area contributed by atoms with Crippen molar-refractivity contribution in [3.05, 3.63) is 48.0 Å². The van der Waals surface area contributed by atoms with Gasteiger partial charge in [0.1, 0.15) is 5.52 Å². The lowest BCUT2D eigenvalue weighted by Crippen LogP contribution is -1.96. The summed E-state index contributed by atoms with van der Waals surface area (Å²) in [4.78, 5) is 16.3. The van der Waals surface area contributed by atoms with E-state index in [1.807, 2.05) is 36.6 Å². The number of rotatable bonds is 4. The quantitative estimate of drug-likeness (QED) is 0.709. The SMILES string of the molecule is CSc1cc(C(=O)O)cc2oc(Nc3ccccc3)nc12. The van der Waals surface area contributed by atoms with Gasteiger partial charge in [0, 0.05) is 10.6 Å². The standard InChI is InChI=1S/C15H12N2O3S/c1-21-12-8-9(14(18)19)7-11-13(12)17-15(20-11)16-10-5-3-2-4-6-10/h2-8H,1H3,(H,16,17)(H,18,19). The summed E-state index contributed by atoms with van der Waals surface area (Å²) >= 11 is 1.44. The van der Waals surface area contributed by atoms with Gasteiger partial charge < -0.3 is 14.8 Å². The van der Waals surface area contributed by atoms with Gasteiger partial charge in [0.05, 0.1) is 5.56 Å². The summed E-state index contributed by atoms with van der Waals surface area (Å²) in [7, 11) is 0. The number of fused-ring (bicyclic) bond motifs is 1. The van der Waals surface area contributed by atoms with E-state index < -0.39 is 5.97 Å². The van der Waals surface area contributed by atoms with Crippen LogP contribution in [0.5, 0.6) is 0 Å². The first-order valence-electron chi connectivity index (χ1n) is 6.21. The topological polar surface area (TPSA) is 75.4 Å². The average molecular weight is 300 g/mol. The molecule has 106 valence electrons. The molecule has 2 N–H and O–H groups in total. The predicted molar refractivity (Wildman–Crippen MR) is 82.5 cm³/mol. The van der Waals surface area contributed by atoms with Crippen LogP contribution in [0.1, 0.15) is 10.4 Å². The normalized spacial score (nSPS) is 10.7. The number of hydrogen-bond acceptors (Lipinski definition) is 5. The van der Waals surface area contributed by atoms with Gasteiger partial charge in [-0.05, 0) is 30.5 Å². The smallest absolute Gasteiger partial charge is 0.335 e. The Morgan fingerprint density at radius 2 is 2.05 bits per heavy atom. The fourth-order valence-corrected chi connectivity index (χ4v) is 2.56. The highest BCUT2D eigenvalue weighted by atomic mass is 32.2. The van der Waals surface area contributed by atoms with Crippen LogP contribution in [0.2, 0.25) is 0 Å². The molecule has 0 aliphatic carbocycles. The lowest BCUT2D eigenvalue weighted by atomic mass is 10.2. The Bertz CT molecular complexity index is 799. The molecule has 0 radical (unpaired) electrons. The van der Waals surface area contributed by atoms with Gasteiger partial charge in [0.25, 0.3) is 6.01 Å². The van der Waals surface area contributed by atoms with Gasteiger partial charge in [-0.1, -0.05) is 18.2 Å². The third kappa shape index (κ3) is 2.71. The third-order valence-corrected chi connectivity index (χ3v) is 3.70. The molecule has 6 heteroatoms. The molecule has 0 atom stereocenters. The monoisotopic (exact) mass is 300 g/mol. The fraction of sp³-hybridized carbons (Fsp3) is 0.0667. The molecule has 0 saturated heterocycles. The van der Waals surface area contributed by atoms with Crippen molar-refractivity contribution in [3.8, 4) is 0 Å². The Labute approximate surface area is 125 Å². The van der Waals surface area contributed by atoms with Gasteiger partial charge in [-0.2, -0.15) is 4.98 Å². The summed E-state index contributed by atoms with van der Waals surface area (Å²) in [5.41, 5.74) is 2.16. The zero-order chi connectivity index (χ0) is 14.8. The maximum Gasteiger partial charge on any atom is 0.335 e. The van der Waals surface area contributed by atoms with Crippen LogP contribution in [0.15, 0.2) is 51.8 Å². The number of anilines is 2. The lowest BCUT2D eigenvalue weighted by Gasteiger charge is -1.99. The molecular weight excluding hydrogens is 288 g/mol. The van der Waals surface area contributed by atoms with E-state index >= 15 is 0 Å². The number of carboxylic acids is 1. The van der Waals surface area contributed by atoms with Gasteiger partial charge in [-0.15, -0.1) is 11.8 Å². The maximum absolute atomic E-state index is 11.1. The highest BCUT2D eigenvalue weighted by Gasteiger charge is 2.14. The Kier molecular flexibility index (Phi) is 3.53. The second-order valence-electron chi connectivity index (χ2n) is 4.34. The van der Waals surface area contributed by atoms with E-state index in [4.69, 9.17) is 9.52 Å². The second kappa shape index (κ2) is 5.49. The van der Waals surface area contributed by atoms with Crippen LogP contribution in [0.25, 0.3) is 11.1 Å². The van der Waals surface area contributed by atoms with Crippen molar-refractivity contribution in [2.75, 3.05) is 11.6 Å². The number of nitrogens with zero attached hydrogens (tertiary/aromatic N) is 1. The van der Waals surface area contributed by atoms with Crippen molar-refractivity contribution in [2.24, 2.45) is 0 Å². The second-order valence-corrected chi connectivity index (χ2v) is 5.19. The van der Waals surface area contributed by atoms with Gasteiger partial charge in [0.2, 0.25) is 0 Å². The number of carbonyl (C=O) groups is 1. The first-order valence-corrected chi connectivity index (χ1v) is 7.44. The Hall–Kier alpha value is -2.47. The summed E-state index contributed by atoms with van der Waals surface area (Å²) in [6.45, 7) is 0. The number of aromatic nitrogens is 1. The maximum atomic E-state index is 11.1. The number of thioether (sulfide) groups is 1. The van der Waals surface area contributed by atoms with E-state index in [9.17, 15) is 4.79 Å². The van der Waals surface area contributed by atoms with E-state index in [1.165, 1.54) is 17.8 Å². The minimum absolute atomic E-state index is 0.189. The molecule has 0 aliphatic heterocycles. The molecule has 0 amide bonds. The number of para-hydroxylation sites is 1. The lowest BCUT2D eigenvalue weighted by molar-refractivity contribution is 0.0696. The summed E-state index contributed by atoms with van der Waals surface area (Å²) in [5.74, 6) is -0.985. The van der Waals surface area contributed by atoms with Crippen LogP contribution in [0.3, 0.4) is 0 Å². The molecule has 0 fully saturated rings. The summed E-state index contributed by atoms with van der Waals surface area (Å²) in [6, 6.07) is 12.9. The molecule has 3 rings (SSSR count). The first kappa shape index (κ1) is 13.5. The number of carboxylic acid groups (broad SMARTS) is 1. The predicted octanol–water partition coefficient (Wildman–Crippen LogP) is 3.99. The first-order chi connectivity index (χ1) is 10.2. The van der Waals surface area contributed by atoms with E-state index in [1.54, 1.807) is 6.07 Å². The summed E-state index contributed by atoms with van der Waals surface area (Å²) in [6.07, 6.45) is 1.87. The molecule has 0 bridgehead atoms. The Balaban J connectivity index is 2.05. The van der Waals surface area contributed by atoms with Crippen LogP contribution < -0.4 is 5.32 Å². The number of aromatic carboxylic acids is 1. The van der Waals surface area contributed by atoms with Crippen LogP contribution in [0.4, 0.5) is 11.7 Å². The van der Waals surface area contributed by atoms with E-state index in [0.717, 1.165) is 10.6 Å². The van der Waals surface area contributed by atoms with E-state index in [2.05, 4.69) is 10.3 Å². The molecule has 0 unspecified atom stereocenters. The molecule has 1 heterocycles. The number of hydrogen-bond donors (Lipinski definition) is 2. The number of benzene rings is 2. The van der Waals surface area contributed by atoms with E-state index in [0.29, 0.717) is 17.1 Å². The van der Waals surface area contributed by atoms with Gasteiger partial charge in [-0.3, -0.25) is 0 Å². The van der Waals surface area contributed by atoms with Crippen molar-refractivity contribution in [3.63, 3.8) is 0 Å². The van der Waals surface area contributed by atoms with Crippen LogP contribution in [-0.2, 0) is 0 Å². The zero-order valence-corrected chi connectivity index (χ0v) is 12.0. The minimum Gasteiger partial charge on any atom is -0.478 e. The van der Waals surface area contributed by atoms with Crippen molar-refractivity contribution >= 4 is 40.5 Å². The van der Waals surface area contributed by atoms with Crippen LogP contribution >= 0.6 is 11.8 Å². The highest BCUT2D eigenvalue weighted by Crippen LogP contribution is 2.30. The average Bonchev–Trinajstić information content (AvgIpc) is 2.89. The molecule has 3 aromatic rings. The molecular formula is C15H12N2O3S. The number of nitrogens with one attached hydrogen (secondary N) is 1. The van der Waals surface area contributed by atoms with Crippen molar-refractivity contribution in [1.82, 2.24) is 4.98 Å². The summed E-state index contributed by atoms with van der Waals surface area (Å²) in [5, 5.41) is 12.2. The Morgan fingerprint density at radius 3 is 2.71 bits per heavy atom. The molecule has 0 saturated carbocycles. The summed E-state index contributed by atoms with van der Waals surface area (Å²) < 4.78 is 5.61. The van der Waals surface area contributed by atoms with Crippen molar-refractivity contribution in [1.29, 1.82) is 0 Å². The van der Waals surface area contributed by atoms with E-state index in [-0.39, 0.29) is 5.56 Å². The number of oxazole rings is 1. The van der Waals surface area contributed by atoms with Crippen LogP contribution in [0, 0.1) is 0 Å². The molecule has 2 aromatic carbocycles. The van der Waals surface area contributed by atoms with Gasteiger partial charge in [0.15, 0.2) is 5.58 Å². The molecule has 21 heavy (non-hydrogen) atoms. The molecule has 0 aliphatic rings. The Morgan fingerprint density at radius 1 is 1.29 bits per heavy atom. The van der Waals surface area contributed by atoms with Crippen molar-refractivity contribution in [2.45, 2.75) is 4.90 Å². The fourth-order valence-electron chi connectivity index (χ4n) is 1.98. The third-order valence-electron chi connectivity index (χ3n) is 2.95. The van der Waals surface area contributed by atoms with Crippen molar-refractivity contribution < 1.29 is 14.3 Å². The van der Waals surface area contributed by atoms with Gasteiger partial charge >= 0.3 is 5.97 Å². The highest BCUT2D eigenvalue weighted by molar-refractivity contribution is 7.98. The zero-order valence-electron chi connectivity index (χ0n) is 11.2. The largest absolute Gasteiger partial charge is 0.478 e. The molecule has 5 nitrogen and oxygen atoms in total. The molecule has 1 aromatic heterocycles. The molecule has 0 spiro atoms. The minimum atomic E-state index is -0.985. The van der Waals surface area contributed by atoms with Crippen LogP contribution in [-0.4, -0.2) is 22.3 Å².